The summed E-state index contributed by atoms with van der Waals surface area (Å²) >= 11 is 6.55. The van der Waals surface area contributed by atoms with Crippen LogP contribution < -0.4 is 14.8 Å². The fraction of sp³-hybridized carbons (Fsp3) is 0.333. The predicted octanol–water partition coefficient (Wildman–Crippen LogP) is 1.33. The van der Waals surface area contributed by atoms with Crippen LogP contribution in [0.2, 0.25) is 0 Å². The molecule has 0 unspecified atom stereocenters. The minimum atomic E-state index is -4.57. The summed E-state index contributed by atoms with van der Waals surface area (Å²) in [5.41, 5.74) is 0.474. The van der Waals surface area contributed by atoms with E-state index in [0.29, 0.717) is 15.8 Å². The van der Waals surface area contributed by atoms with Crippen molar-refractivity contribution in [2.24, 2.45) is 0 Å². The summed E-state index contributed by atoms with van der Waals surface area (Å²) in [7, 11) is -1.15. The smallest absolute Gasteiger partial charge is 0.335 e. The Morgan fingerprint density at radius 3 is 2.26 bits per heavy atom. The molecule has 2 rings (SSSR count). The Kier molecular flexibility index (Phi) is 9.18. The first kappa shape index (κ1) is 27.7. The molecule has 0 bridgehead atoms. The first-order chi connectivity index (χ1) is 15.8. The molecule has 2 aromatic rings. The van der Waals surface area contributed by atoms with Crippen LogP contribution in [-0.4, -0.2) is 81.7 Å². The number of benzene rings is 1. The topological polar surface area (TPSA) is 151 Å². The SMILES string of the molecule is COc1cc(CSC(=S)N(C)C)nc(NC(=O)NS(=O)(=O)c2ccccc2S(=O)(=O)N(C)C)n1. The molecule has 0 saturated carbocycles. The molecule has 0 aliphatic heterocycles. The van der Waals surface area contributed by atoms with Crippen molar-refractivity contribution in [3.63, 3.8) is 0 Å². The van der Waals surface area contributed by atoms with Gasteiger partial charge in [-0.25, -0.2) is 35.6 Å². The molecule has 0 spiro atoms. The number of carbonyl (C=O) groups excluding carboxylic acids is 1. The van der Waals surface area contributed by atoms with Crippen molar-refractivity contribution in [2.75, 3.05) is 40.6 Å². The van der Waals surface area contributed by atoms with E-state index < -0.39 is 35.9 Å². The number of thioether (sulfide) groups is 1. The quantitative estimate of drug-likeness (QED) is 0.460. The van der Waals surface area contributed by atoms with E-state index in [-0.39, 0.29) is 11.8 Å². The summed E-state index contributed by atoms with van der Waals surface area (Å²) in [6.07, 6.45) is 0. The first-order valence-electron chi connectivity index (χ1n) is 9.39. The highest BCUT2D eigenvalue weighted by molar-refractivity contribution is 8.22. The number of rotatable bonds is 8. The van der Waals surface area contributed by atoms with Crippen LogP contribution in [0.1, 0.15) is 5.69 Å². The second-order valence-corrected chi connectivity index (χ2v) is 12.3. The third-order valence-electron chi connectivity index (χ3n) is 4.02. The first-order valence-corrected chi connectivity index (χ1v) is 13.7. The summed E-state index contributed by atoms with van der Waals surface area (Å²) < 4.78 is 59.0. The number of nitrogens with one attached hydrogen (secondary N) is 2. The van der Waals surface area contributed by atoms with Gasteiger partial charge in [0.05, 0.1) is 12.8 Å². The van der Waals surface area contributed by atoms with E-state index in [0.717, 1.165) is 16.4 Å². The number of hydrogen-bond acceptors (Lipinski definition) is 10. The number of ether oxygens (including phenoxy) is 1. The second-order valence-electron chi connectivity index (χ2n) is 6.97. The Hall–Kier alpha value is -2.53. The maximum absolute atomic E-state index is 12.8. The molecule has 2 N–H and O–H groups in total. The lowest BCUT2D eigenvalue weighted by molar-refractivity contribution is 0.256. The van der Waals surface area contributed by atoms with E-state index in [2.05, 4.69) is 15.3 Å². The van der Waals surface area contributed by atoms with Crippen LogP contribution in [0.5, 0.6) is 5.88 Å². The molecular formula is C18H24N6O6S4. The van der Waals surface area contributed by atoms with Gasteiger partial charge in [0.15, 0.2) is 0 Å². The van der Waals surface area contributed by atoms with Gasteiger partial charge >= 0.3 is 6.03 Å². The number of thiocarbonyl (C=S) groups is 1. The minimum absolute atomic E-state index is 0.141. The summed E-state index contributed by atoms with van der Waals surface area (Å²) in [5.74, 6) is 0.273. The number of urea groups is 1. The van der Waals surface area contributed by atoms with Gasteiger partial charge in [0, 0.05) is 40.0 Å². The summed E-state index contributed by atoms with van der Waals surface area (Å²) in [4.78, 5) is 21.3. The number of anilines is 1. The molecule has 34 heavy (non-hydrogen) atoms. The lowest BCUT2D eigenvalue weighted by atomic mass is 10.4. The highest BCUT2D eigenvalue weighted by atomic mass is 32.2. The van der Waals surface area contributed by atoms with Crippen molar-refractivity contribution in [1.29, 1.82) is 0 Å². The van der Waals surface area contributed by atoms with Crippen LogP contribution in [0, 0.1) is 0 Å². The Bertz CT molecular complexity index is 1280. The van der Waals surface area contributed by atoms with Crippen LogP contribution in [-0.2, 0) is 25.8 Å². The Morgan fingerprint density at radius 1 is 1.09 bits per heavy atom. The largest absolute Gasteiger partial charge is 0.481 e. The number of carbonyl (C=O) groups is 1. The number of hydrogen-bond donors (Lipinski definition) is 2. The van der Waals surface area contributed by atoms with Crippen molar-refractivity contribution in [3.05, 3.63) is 36.0 Å². The molecule has 0 radical (unpaired) electrons. The van der Waals surface area contributed by atoms with E-state index in [1.54, 1.807) is 29.8 Å². The average Bonchev–Trinajstić information content (AvgIpc) is 2.76. The average molecular weight is 549 g/mol. The standard InChI is InChI=1S/C18H24N6O6S4/c1-23(2)18(31)32-11-12-10-15(30-5)20-16(19-12)21-17(25)22-33(26,27)13-8-6-7-9-14(13)34(28,29)24(3)4/h6-10H,11H2,1-5H3,(H2,19,20,21,22,25). The third-order valence-corrected chi connectivity index (χ3v) is 9.19. The third kappa shape index (κ3) is 6.99. The summed E-state index contributed by atoms with van der Waals surface area (Å²) in [6, 6.07) is 5.29. The highest BCUT2D eigenvalue weighted by Gasteiger charge is 2.29. The van der Waals surface area contributed by atoms with E-state index in [1.165, 1.54) is 45.1 Å². The zero-order valence-corrected chi connectivity index (χ0v) is 22.2. The molecule has 0 fully saturated rings. The molecule has 0 aliphatic carbocycles. The molecule has 0 aliphatic rings. The molecule has 1 aromatic carbocycles. The summed E-state index contributed by atoms with van der Waals surface area (Å²) in [5, 5.41) is 2.23. The zero-order valence-electron chi connectivity index (χ0n) is 19.0. The molecule has 12 nitrogen and oxygen atoms in total. The molecule has 1 aromatic heterocycles. The Morgan fingerprint density at radius 2 is 1.71 bits per heavy atom. The molecule has 0 saturated heterocycles. The number of nitrogens with zero attached hydrogens (tertiary/aromatic N) is 4. The van der Waals surface area contributed by atoms with Gasteiger partial charge < -0.3 is 9.64 Å². The number of sulfonamides is 2. The number of aromatic nitrogens is 2. The van der Waals surface area contributed by atoms with Crippen molar-refractivity contribution < 1.29 is 26.4 Å². The highest BCUT2D eigenvalue weighted by Crippen LogP contribution is 2.23. The van der Waals surface area contributed by atoms with E-state index in [9.17, 15) is 21.6 Å². The van der Waals surface area contributed by atoms with Gasteiger partial charge in [-0.05, 0) is 12.1 Å². The summed E-state index contributed by atoms with van der Waals surface area (Å²) in [6.45, 7) is 0. The van der Waals surface area contributed by atoms with Gasteiger partial charge in [-0.1, -0.05) is 36.1 Å². The van der Waals surface area contributed by atoms with Crippen LogP contribution in [0.25, 0.3) is 0 Å². The van der Waals surface area contributed by atoms with E-state index >= 15 is 0 Å². The fourth-order valence-corrected chi connectivity index (χ4v) is 5.82. The van der Waals surface area contributed by atoms with E-state index in [1.807, 2.05) is 0 Å². The number of amides is 2. The van der Waals surface area contributed by atoms with Crippen LogP contribution >= 0.6 is 24.0 Å². The molecule has 2 amide bonds. The molecule has 0 atom stereocenters. The van der Waals surface area contributed by atoms with Crippen LogP contribution in [0.15, 0.2) is 40.1 Å². The van der Waals surface area contributed by atoms with Gasteiger partial charge in [0.1, 0.15) is 14.1 Å². The predicted molar refractivity (Wildman–Crippen MR) is 133 cm³/mol. The molecule has 1 heterocycles. The molecule has 186 valence electrons. The van der Waals surface area contributed by atoms with Crippen molar-refractivity contribution in [3.8, 4) is 5.88 Å². The second kappa shape index (κ2) is 11.3. The monoisotopic (exact) mass is 548 g/mol. The van der Waals surface area contributed by atoms with Gasteiger partial charge in [-0.15, -0.1) is 0 Å². The Balaban J connectivity index is 2.26. The normalized spacial score (nSPS) is 11.7. The molecule has 16 heteroatoms. The van der Waals surface area contributed by atoms with Gasteiger partial charge in [0.2, 0.25) is 21.9 Å². The van der Waals surface area contributed by atoms with Gasteiger partial charge in [-0.2, -0.15) is 4.98 Å². The van der Waals surface area contributed by atoms with E-state index in [4.69, 9.17) is 17.0 Å². The van der Waals surface area contributed by atoms with Crippen molar-refractivity contribution in [1.82, 2.24) is 23.9 Å². The lowest BCUT2D eigenvalue weighted by Gasteiger charge is -2.16. The maximum atomic E-state index is 12.8. The lowest BCUT2D eigenvalue weighted by Crippen LogP contribution is -2.36. The fourth-order valence-electron chi connectivity index (χ4n) is 2.36. The minimum Gasteiger partial charge on any atom is -0.481 e. The maximum Gasteiger partial charge on any atom is 0.335 e. The molecular weight excluding hydrogens is 525 g/mol. The van der Waals surface area contributed by atoms with Crippen LogP contribution in [0.3, 0.4) is 0 Å². The van der Waals surface area contributed by atoms with Crippen molar-refractivity contribution >= 4 is 60.3 Å². The van der Waals surface area contributed by atoms with Gasteiger partial charge in [0.25, 0.3) is 10.0 Å². The van der Waals surface area contributed by atoms with Gasteiger partial charge in [-0.3, -0.25) is 5.32 Å². The number of methoxy groups -OCH3 is 1. The van der Waals surface area contributed by atoms with Crippen LogP contribution in [0.4, 0.5) is 10.7 Å². The zero-order chi connectivity index (χ0) is 25.7. The Labute approximate surface area is 208 Å². The van der Waals surface area contributed by atoms with Crippen molar-refractivity contribution in [2.45, 2.75) is 15.5 Å².